The molecule has 72 valence electrons. The molecule has 0 bridgehead atoms. The highest BCUT2D eigenvalue weighted by Crippen LogP contribution is 2.33. The fourth-order valence-electron chi connectivity index (χ4n) is 1.60. The smallest absolute Gasteiger partial charge is 0.0526 e. The first kappa shape index (κ1) is 10.7. The largest absolute Gasteiger partial charge is 0.300 e. The molecule has 0 saturated carbocycles. The molecule has 1 saturated heterocycles. The molecule has 1 fully saturated rings. The quantitative estimate of drug-likeness (QED) is 0.654. The van der Waals surface area contributed by atoms with Gasteiger partial charge in [0.1, 0.15) is 0 Å². The van der Waals surface area contributed by atoms with Crippen molar-refractivity contribution in [3.63, 3.8) is 0 Å². The number of hydrogen-bond donors (Lipinski definition) is 0. The Morgan fingerprint density at radius 2 is 2.25 bits per heavy atom. The molecule has 0 aromatic rings. The second-order valence-electron chi connectivity index (χ2n) is 4.18. The van der Waals surface area contributed by atoms with Gasteiger partial charge < -0.3 is 4.90 Å². The van der Waals surface area contributed by atoms with Crippen LogP contribution in [-0.4, -0.2) is 41.9 Å². The van der Waals surface area contributed by atoms with Gasteiger partial charge in [-0.3, -0.25) is 0 Å². The van der Waals surface area contributed by atoms with Crippen LogP contribution < -0.4 is 0 Å². The normalized spacial score (nSPS) is 29.5. The summed E-state index contributed by atoms with van der Waals surface area (Å²) in [7, 11) is 0. The monoisotopic (exact) mass is 207 g/mol. The fraction of sp³-hybridized carbons (Fsp3) is 1.00. The predicted molar refractivity (Wildman–Crippen MR) is 58.2 cm³/mol. The molecule has 1 nitrogen and oxygen atoms in total. The lowest BCUT2D eigenvalue weighted by atomic mass is 9.93. The Labute approximate surface area is 84.8 Å². The van der Waals surface area contributed by atoms with E-state index >= 15 is 0 Å². The van der Waals surface area contributed by atoms with Gasteiger partial charge in [0, 0.05) is 25.4 Å². The van der Waals surface area contributed by atoms with Gasteiger partial charge in [0.15, 0.2) is 0 Å². The summed E-state index contributed by atoms with van der Waals surface area (Å²) >= 11 is 8.13. The summed E-state index contributed by atoms with van der Waals surface area (Å²) < 4.78 is 0. The zero-order chi connectivity index (χ0) is 9.19. The van der Waals surface area contributed by atoms with E-state index < -0.39 is 0 Å². The van der Waals surface area contributed by atoms with Gasteiger partial charge in [0.05, 0.1) is 5.38 Å². The summed E-state index contributed by atoms with van der Waals surface area (Å²) in [6.45, 7) is 7.91. The Kier molecular flexibility index (Phi) is 3.74. The van der Waals surface area contributed by atoms with Crippen LogP contribution in [0.1, 0.15) is 13.8 Å². The van der Waals surface area contributed by atoms with E-state index in [0.717, 1.165) is 13.1 Å². The summed E-state index contributed by atoms with van der Waals surface area (Å²) in [6.07, 6.45) is 2.15. The summed E-state index contributed by atoms with van der Waals surface area (Å²) in [6, 6.07) is 0. The van der Waals surface area contributed by atoms with Crippen molar-refractivity contribution < 1.29 is 0 Å². The third-order valence-corrected chi connectivity index (χ3v) is 3.83. The highest BCUT2D eigenvalue weighted by Gasteiger charge is 2.37. The zero-order valence-corrected chi connectivity index (χ0v) is 9.71. The van der Waals surface area contributed by atoms with Crippen LogP contribution in [0.5, 0.6) is 0 Å². The van der Waals surface area contributed by atoms with E-state index in [9.17, 15) is 0 Å². The predicted octanol–water partition coefficient (Wildman–Crippen LogP) is 2.30. The Bertz CT molecular complexity index is 149. The molecular weight excluding hydrogens is 190 g/mol. The lowest BCUT2D eigenvalue weighted by molar-refractivity contribution is 0.306. The minimum atomic E-state index is 0.306. The van der Waals surface area contributed by atoms with E-state index in [1.807, 2.05) is 11.8 Å². The van der Waals surface area contributed by atoms with Crippen molar-refractivity contribution in [1.82, 2.24) is 4.90 Å². The van der Waals surface area contributed by atoms with Gasteiger partial charge in [-0.2, -0.15) is 11.8 Å². The molecule has 0 N–H and O–H groups in total. The number of thioether (sulfide) groups is 1. The summed E-state index contributed by atoms with van der Waals surface area (Å²) in [5.41, 5.74) is 0.306. The van der Waals surface area contributed by atoms with Crippen molar-refractivity contribution in [2.45, 2.75) is 19.2 Å². The average Bonchev–Trinajstić information content (AvgIpc) is 2.22. The van der Waals surface area contributed by atoms with Gasteiger partial charge in [-0.15, -0.1) is 11.6 Å². The molecule has 1 rings (SSSR count). The van der Waals surface area contributed by atoms with Crippen molar-refractivity contribution in [3.05, 3.63) is 0 Å². The van der Waals surface area contributed by atoms with E-state index in [1.54, 1.807) is 0 Å². The lowest BCUT2D eigenvalue weighted by Gasteiger charge is -2.20. The third kappa shape index (κ3) is 2.54. The molecule has 12 heavy (non-hydrogen) atoms. The Morgan fingerprint density at radius 3 is 2.67 bits per heavy atom. The summed E-state index contributed by atoms with van der Waals surface area (Å²) in [4.78, 5) is 2.47. The molecule has 1 aliphatic rings. The topological polar surface area (TPSA) is 3.24 Å². The van der Waals surface area contributed by atoms with E-state index in [4.69, 9.17) is 11.6 Å². The first-order valence-corrected chi connectivity index (χ1v) is 6.24. The van der Waals surface area contributed by atoms with E-state index in [-0.39, 0.29) is 0 Å². The molecule has 0 spiro atoms. The van der Waals surface area contributed by atoms with Gasteiger partial charge in [0.2, 0.25) is 0 Å². The van der Waals surface area contributed by atoms with Crippen LogP contribution in [0.3, 0.4) is 0 Å². The summed E-state index contributed by atoms with van der Waals surface area (Å²) in [5, 5.41) is 0.333. The second-order valence-corrected chi connectivity index (χ2v) is 5.70. The van der Waals surface area contributed by atoms with Gasteiger partial charge in [-0.25, -0.2) is 0 Å². The molecular formula is C9H18ClNS. The standard InChI is InChI=1S/C9H18ClNS/c1-9(2)7-11(4-5-12-3)6-8(9)10/h8H,4-7H2,1-3H3. The zero-order valence-electron chi connectivity index (χ0n) is 8.14. The molecule has 0 radical (unpaired) electrons. The molecule has 1 atom stereocenters. The summed E-state index contributed by atoms with van der Waals surface area (Å²) in [5.74, 6) is 1.22. The molecule has 0 aliphatic carbocycles. The van der Waals surface area contributed by atoms with Crippen LogP contribution in [0.15, 0.2) is 0 Å². The maximum atomic E-state index is 6.23. The minimum Gasteiger partial charge on any atom is -0.300 e. The van der Waals surface area contributed by atoms with Crippen molar-refractivity contribution in [2.75, 3.05) is 31.6 Å². The molecule has 1 heterocycles. The number of likely N-dealkylation sites (tertiary alicyclic amines) is 1. The van der Waals surface area contributed by atoms with Crippen LogP contribution in [0.2, 0.25) is 0 Å². The van der Waals surface area contributed by atoms with Gasteiger partial charge >= 0.3 is 0 Å². The lowest BCUT2D eigenvalue weighted by Crippen LogP contribution is -2.25. The Hall–Kier alpha value is 0.600. The second kappa shape index (κ2) is 4.21. The van der Waals surface area contributed by atoms with Crippen LogP contribution in [0, 0.1) is 5.41 Å². The van der Waals surface area contributed by atoms with E-state index in [2.05, 4.69) is 25.0 Å². The van der Waals surface area contributed by atoms with Crippen LogP contribution in [0.4, 0.5) is 0 Å². The fourth-order valence-corrected chi connectivity index (χ4v) is 2.31. The van der Waals surface area contributed by atoms with Crippen molar-refractivity contribution in [2.24, 2.45) is 5.41 Å². The highest BCUT2D eigenvalue weighted by atomic mass is 35.5. The first-order valence-electron chi connectivity index (χ1n) is 4.41. The van der Waals surface area contributed by atoms with Gasteiger partial charge in [0.25, 0.3) is 0 Å². The van der Waals surface area contributed by atoms with E-state index in [1.165, 1.54) is 12.3 Å². The molecule has 1 aliphatic heterocycles. The maximum absolute atomic E-state index is 6.23. The molecule has 0 aromatic heterocycles. The molecule has 3 heteroatoms. The minimum absolute atomic E-state index is 0.306. The van der Waals surface area contributed by atoms with Crippen molar-refractivity contribution >= 4 is 23.4 Å². The third-order valence-electron chi connectivity index (χ3n) is 2.51. The first-order chi connectivity index (χ1) is 5.56. The van der Waals surface area contributed by atoms with Gasteiger partial charge in [-0.1, -0.05) is 13.8 Å². The van der Waals surface area contributed by atoms with Crippen LogP contribution in [-0.2, 0) is 0 Å². The SMILES string of the molecule is CSCCN1CC(Cl)C(C)(C)C1. The number of alkyl halides is 1. The number of nitrogens with zero attached hydrogens (tertiary/aromatic N) is 1. The Morgan fingerprint density at radius 1 is 1.58 bits per heavy atom. The maximum Gasteiger partial charge on any atom is 0.0526 e. The Balaban J connectivity index is 2.33. The van der Waals surface area contributed by atoms with E-state index in [0.29, 0.717) is 10.8 Å². The average molecular weight is 208 g/mol. The van der Waals surface area contributed by atoms with Gasteiger partial charge in [-0.05, 0) is 11.7 Å². The number of halogens is 1. The molecule has 0 aromatic carbocycles. The number of rotatable bonds is 3. The number of hydrogen-bond acceptors (Lipinski definition) is 2. The van der Waals surface area contributed by atoms with Crippen molar-refractivity contribution in [3.8, 4) is 0 Å². The van der Waals surface area contributed by atoms with Crippen LogP contribution >= 0.6 is 23.4 Å². The highest BCUT2D eigenvalue weighted by molar-refractivity contribution is 7.98. The van der Waals surface area contributed by atoms with Crippen molar-refractivity contribution in [1.29, 1.82) is 0 Å². The molecule has 0 amide bonds. The van der Waals surface area contributed by atoms with Crippen LogP contribution in [0.25, 0.3) is 0 Å². The molecule has 1 unspecified atom stereocenters.